The zero-order valence-corrected chi connectivity index (χ0v) is 17.7. The molecule has 0 saturated heterocycles. The summed E-state index contributed by atoms with van der Waals surface area (Å²) in [5, 5.41) is 1.35. The number of hydrogen-bond donors (Lipinski definition) is 0. The number of fused-ring (bicyclic) bond motifs is 1. The number of carbonyl (C=O) groups excluding carboxylic acids is 1. The van der Waals surface area contributed by atoms with Crippen molar-refractivity contribution in [2.45, 2.75) is 63.2 Å². The van der Waals surface area contributed by atoms with Crippen LogP contribution in [0.1, 0.15) is 52.0 Å². The van der Waals surface area contributed by atoms with Gasteiger partial charge in [0.05, 0.1) is 16.7 Å². The number of rotatable bonds is 5. The van der Waals surface area contributed by atoms with Crippen LogP contribution in [-0.4, -0.2) is 39.2 Å². The molecule has 1 heterocycles. The van der Waals surface area contributed by atoms with E-state index in [0.717, 1.165) is 25.7 Å². The van der Waals surface area contributed by atoms with Gasteiger partial charge in [-0.25, -0.2) is 4.98 Å². The Hall–Kier alpha value is -1.82. The normalized spacial score (nSPS) is 25.0. The average molecular weight is 400 g/mol. The second-order valence-electron chi connectivity index (χ2n) is 8.45. The van der Waals surface area contributed by atoms with Gasteiger partial charge in [-0.05, 0) is 43.2 Å². The number of aromatic nitrogens is 2. The molecule has 4 rings (SSSR count). The molecule has 0 spiro atoms. The number of benzene rings is 1. The van der Waals surface area contributed by atoms with Gasteiger partial charge in [0.25, 0.3) is 5.56 Å². The maximum absolute atomic E-state index is 13.4. The molecule has 2 aliphatic rings. The highest BCUT2D eigenvalue weighted by Gasteiger charge is 2.32. The van der Waals surface area contributed by atoms with E-state index in [1.807, 2.05) is 40.8 Å². The fourth-order valence-corrected chi connectivity index (χ4v) is 5.31. The van der Waals surface area contributed by atoms with Gasteiger partial charge in [0.2, 0.25) is 5.91 Å². The number of nitrogens with zero attached hydrogens (tertiary/aromatic N) is 3. The third kappa shape index (κ3) is 3.71. The van der Waals surface area contributed by atoms with Gasteiger partial charge in [0, 0.05) is 19.1 Å². The quantitative estimate of drug-likeness (QED) is 0.561. The van der Waals surface area contributed by atoms with E-state index in [1.165, 1.54) is 18.2 Å². The van der Waals surface area contributed by atoms with Crippen molar-refractivity contribution >= 4 is 28.6 Å². The van der Waals surface area contributed by atoms with Crippen molar-refractivity contribution < 1.29 is 4.79 Å². The molecule has 2 aromatic rings. The molecule has 150 valence electrons. The number of para-hydroxylation sites is 1. The van der Waals surface area contributed by atoms with Crippen molar-refractivity contribution in [1.82, 2.24) is 14.5 Å². The van der Waals surface area contributed by atoms with Crippen molar-refractivity contribution in [3.05, 3.63) is 34.6 Å². The van der Waals surface area contributed by atoms with E-state index in [9.17, 15) is 9.59 Å². The highest BCUT2D eigenvalue weighted by molar-refractivity contribution is 7.99. The highest BCUT2D eigenvalue weighted by Crippen LogP contribution is 2.39. The Balaban J connectivity index is 1.70. The first-order valence-electron chi connectivity index (χ1n) is 10.4. The van der Waals surface area contributed by atoms with Gasteiger partial charge in [0.15, 0.2) is 5.16 Å². The van der Waals surface area contributed by atoms with Crippen molar-refractivity contribution in [2.24, 2.45) is 11.8 Å². The van der Waals surface area contributed by atoms with E-state index in [-0.39, 0.29) is 17.5 Å². The van der Waals surface area contributed by atoms with Gasteiger partial charge in [-0.3, -0.25) is 14.2 Å². The first-order valence-corrected chi connectivity index (χ1v) is 11.4. The lowest BCUT2D eigenvalue weighted by molar-refractivity contribution is -0.127. The molecular weight excluding hydrogens is 370 g/mol. The molecule has 3 unspecified atom stereocenters. The molecule has 0 bridgehead atoms. The Morgan fingerprint density at radius 2 is 1.96 bits per heavy atom. The summed E-state index contributed by atoms with van der Waals surface area (Å²) >= 11 is 1.42. The van der Waals surface area contributed by atoms with E-state index in [4.69, 9.17) is 4.98 Å². The first kappa shape index (κ1) is 19.5. The molecule has 3 atom stereocenters. The second kappa shape index (κ2) is 7.90. The Bertz CT molecular complexity index is 937. The van der Waals surface area contributed by atoms with Crippen LogP contribution < -0.4 is 5.56 Å². The maximum Gasteiger partial charge on any atom is 0.262 e. The number of carbonyl (C=O) groups is 1. The summed E-state index contributed by atoms with van der Waals surface area (Å²) in [6, 6.07) is 8.09. The molecular formula is C22H29N3O2S. The molecule has 2 saturated carbocycles. The largest absolute Gasteiger partial charge is 0.342 e. The predicted octanol–water partition coefficient (Wildman–Crippen LogP) is 4.11. The van der Waals surface area contributed by atoms with Crippen LogP contribution >= 0.6 is 11.8 Å². The minimum atomic E-state index is 0.0297. The highest BCUT2D eigenvalue weighted by atomic mass is 32.2. The van der Waals surface area contributed by atoms with E-state index in [2.05, 4.69) is 13.8 Å². The first-order chi connectivity index (χ1) is 13.5. The topological polar surface area (TPSA) is 55.2 Å². The van der Waals surface area contributed by atoms with Gasteiger partial charge < -0.3 is 4.90 Å². The molecule has 28 heavy (non-hydrogen) atoms. The molecule has 5 nitrogen and oxygen atoms in total. The average Bonchev–Trinajstić information content (AvgIpc) is 3.53. The summed E-state index contributed by atoms with van der Waals surface area (Å²) in [4.78, 5) is 32.6. The van der Waals surface area contributed by atoms with Crippen molar-refractivity contribution in [3.8, 4) is 0 Å². The van der Waals surface area contributed by atoms with Crippen LogP contribution in [0.25, 0.3) is 10.9 Å². The van der Waals surface area contributed by atoms with Crippen molar-refractivity contribution in [2.75, 3.05) is 12.8 Å². The number of amides is 1. The molecule has 6 heteroatoms. The van der Waals surface area contributed by atoms with Crippen molar-refractivity contribution in [1.29, 1.82) is 0 Å². The summed E-state index contributed by atoms with van der Waals surface area (Å²) in [5.41, 5.74) is 0.743. The number of thioether (sulfide) groups is 1. The zero-order chi connectivity index (χ0) is 19.8. The molecule has 1 aromatic heterocycles. The summed E-state index contributed by atoms with van der Waals surface area (Å²) in [6.45, 7) is 4.52. The summed E-state index contributed by atoms with van der Waals surface area (Å²) in [5.74, 6) is 1.44. The third-order valence-corrected chi connectivity index (χ3v) is 7.52. The van der Waals surface area contributed by atoms with E-state index in [1.54, 1.807) is 0 Å². The van der Waals surface area contributed by atoms with Gasteiger partial charge in [0.1, 0.15) is 0 Å². The van der Waals surface area contributed by atoms with Crippen LogP contribution in [-0.2, 0) is 4.79 Å². The van der Waals surface area contributed by atoms with Crippen LogP contribution in [0.15, 0.2) is 34.2 Å². The van der Waals surface area contributed by atoms with Gasteiger partial charge >= 0.3 is 0 Å². The van der Waals surface area contributed by atoms with Crippen LogP contribution in [0.2, 0.25) is 0 Å². The monoisotopic (exact) mass is 399 g/mol. The predicted molar refractivity (Wildman–Crippen MR) is 114 cm³/mol. The van der Waals surface area contributed by atoms with Gasteiger partial charge in [-0.15, -0.1) is 0 Å². The zero-order valence-electron chi connectivity index (χ0n) is 16.9. The lowest BCUT2D eigenvalue weighted by Gasteiger charge is -2.36. The number of hydrogen-bond acceptors (Lipinski definition) is 4. The molecule has 1 amide bonds. The standard InChI is InChI=1S/C22H29N3O2S/c1-14-7-6-10-19(15(14)2)25-21(27)17-8-4-5-9-18(17)23-22(25)28-13-20(26)24(3)16-11-12-16/h4-5,8-9,14-16,19H,6-7,10-13H2,1-3H3. The van der Waals surface area contributed by atoms with Crippen LogP contribution in [0.4, 0.5) is 0 Å². The fraction of sp³-hybridized carbons (Fsp3) is 0.591. The van der Waals surface area contributed by atoms with E-state index < -0.39 is 0 Å². The van der Waals surface area contributed by atoms with Crippen LogP contribution in [0.3, 0.4) is 0 Å². The summed E-state index contributed by atoms with van der Waals surface area (Å²) in [6.07, 6.45) is 5.53. The van der Waals surface area contributed by atoms with Gasteiger partial charge in [-0.2, -0.15) is 0 Å². The molecule has 1 aromatic carbocycles. The molecule has 2 aliphatic carbocycles. The fourth-order valence-electron chi connectivity index (χ4n) is 4.33. The summed E-state index contributed by atoms with van der Waals surface area (Å²) in [7, 11) is 1.88. The lowest BCUT2D eigenvalue weighted by Crippen LogP contribution is -2.36. The summed E-state index contributed by atoms with van der Waals surface area (Å²) < 4.78 is 1.90. The van der Waals surface area contributed by atoms with Crippen LogP contribution in [0.5, 0.6) is 0 Å². The Morgan fingerprint density at radius 1 is 1.21 bits per heavy atom. The third-order valence-electron chi connectivity index (χ3n) is 6.58. The molecule has 0 radical (unpaired) electrons. The lowest BCUT2D eigenvalue weighted by atomic mass is 9.78. The van der Waals surface area contributed by atoms with E-state index in [0.29, 0.717) is 39.7 Å². The Morgan fingerprint density at radius 3 is 2.71 bits per heavy atom. The Labute approximate surface area is 170 Å². The molecule has 2 fully saturated rings. The minimum absolute atomic E-state index is 0.0297. The Kier molecular flexibility index (Phi) is 5.50. The molecule has 0 N–H and O–H groups in total. The van der Waals surface area contributed by atoms with Crippen LogP contribution in [0, 0.1) is 11.8 Å². The SMILES string of the molecule is CC1CCCC(n2c(SCC(=O)N(C)C3CC3)nc3ccccc3c2=O)C1C. The van der Waals surface area contributed by atoms with Crippen molar-refractivity contribution in [3.63, 3.8) is 0 Å². The second-order valence-corrected chi connectivity index (χ2v) is 9.39. The smallest absolute Gasteiger partial charge is 0.262 e. The van der Waals surface area contributed by atoms with E-state index >= 15 is 0 Å². The maximum atomic E-state index is 13.4. The molecule has 0 aliphatic heterocycles. The minimum Gasteiger partial charge on any atom is -0.342 e. The van der Waals surface area contributed by atoms with Gasteiger partial charge in [-0.1, -0.05) is 50.6 Å².